The van der Waals surface area contributed by atoms with Crippen LogP contribution in [0.4, 0.5) is 4.79 Å². The summed E-state index contributed by atoms with van der Waals surface area (Å²) in [6.45, 7) is 4.08. The molecule has 1 saturated heterocycles. The van der Waals surface area contributed by atoms with E-state index in [1.54, 1.807) is 16.2 Å². The molecule has 2 aliphatic rings. The van der Waals surface area contributed by atoms with Crippen LogP contribution in [0.25, 0.3) is 0 Å². The molecule has 0 unspecified atom stereocenters. The average Bonchev–Trinajstić information content (AvgIpc) is 3.27. The molecule has 152 valence electrons. The number of fused-ring (bicyclic) bond motifs is 2. The first-order chi connectivity index (χ1) is 13.9. The average molecular weight is 412 g/mol. The Morgan fingerprint density at radius 2 is 2.00 bits per heavy atom. The number of thiophene rings is 1. The maximum Gasteiger partial charge on any atom is 0.325 e. The molecular formula is C22H25N3O3S. The van der Waals surface area contributed by atoms with Crippen LogP contribution in [-0.2, 0) is 28.1 Å². The summed E-state index contributed by atoms with van der Waals surface area (Å²) >= 11 is 1.62. The molecule has 7 heteroatoms. The third-order valence-electron chi connectivity index (χ3n) is 5.77. The van der Waals surface area contributed by atoms with Crippen molar-refractivity contribution in [3.05, 3.63) is 57.8 Å². The summed E-state index contributed by atoms with van der Waals surface area (Å²) in [6.07, 6.45) is 2.34. The number of hydrogen-bond donors (Lipinski definition) is 1. The van der Waals surface area contributed by atoms with Gasteiger partial charge in [0.2, 0.25) is 5.91 Å². The van der Waals surface area contributed by atoms with Gasteiger partial charge in [0.15, 0.2) is 0 Å². The zero-order valence-electron chi connectivity index (χ0n) is 16.7. The van der Waals surface area contributed by atoms with E-state index >= 15 is 0 Å². The van der Waals surface area contributed by atoms with Crippen molar-refractivity contribution in [2.45, 2.75) is 51.2 Å². The summed E-state index contributed by atoms with van der Waals surface area (Å²) in [4.78, 5) is 43.0. The van der Waals surface area contributed by atoms with Gasteiger partial charge in [0.25, 0.3) is 5.91 Å². The van der Waals surface area contributed by atoms with Crippen LogP contribution in [0.3, 0.4) is 0 Å². The van der Waals surface area contributed by atoms with Crippen molar-refractivity contribution in [3.8, 4) is 0 Å². The smallest absolute Gasteiger partial charge is 0.325 e. The molecule has 2 heterocycles. The van der Waals surface area contributed by atoms with Gasteiger partial charge in [0.05, 0.1) is 0 Å². The number of nitrogens with one attached hydrogen (secondary N) is 1. The number of imide groups is 1. The lowest BCUT2D eigenvalue weighted by Gasteiger charge is -2.31. The van der Waals surface area contributed by atoms with E-state index in [-0.39, 0.29) is 24.4 Å². The normalized spacial score (nSPS) is 20.9. The van der Waals surface area contributed by atoms with Gasteiger partial charge in [0.1, 0.15) is 12.1 Å². The van der Waals surface area contributed by atoms with Crippen molar-refractivity contribution >= 4 is 29.2 Å². The van der Waals surface area contributed by atoms with Crippen LogP contribution in [-0.4, -0.2) is 40.2 Å². The van der Waals surface area contributed by atoms with E-state index in [1.165, 1.54) is 0 Å². The van der Waals surface area contributed by atoms with E-state index in [2.05, 4.69) is 5.32 Å². The van der Waals surface area contributed by atoms with E-state index in [1.807, 2.05) is 55.6 Å². The third kappa shape index (κ3) is 3.44. The fourth-order valence-corrected chi connectivity index (χ4v) is 5.25. The number of aryl methyl sites for hydroxylation is 1. The number of hydrogen-bond acceptors (Lipinski definition) is 4. The fourth-order valence-electron chi connectivity index (χ4n) is 4.25. The molecule has 1 aliphatic carbocycles. The lowest BCUT2D eigenvalue weighted by Crippen LogP contribution is -2.48. The topological polar surface area (TPSA) is 69.7 Å². The quantitative estimate of drug-likeness (QED) is 0.768. The standard InChI is InChI=1S/C22H25N3O3S/c1-15(2)24(13-16-7-4-3-5-8-16)19(26)14-25-20(27)22(23-21(25)28)11-6-9-18-17(22)10-12-29-18/h3-5,7-8,10,12,15H,6,9,11,13-14H2,1-2H3,(H,23,28)/t22-/m1/s1. The summed E-state index contributed by atoms with van der Waals surface area (Å²) in [5.41, 5.74) is 0.901. The SMILES string of the molecule is CC(C)N(Cc1ccccc1)C(=O)CN1C(=O)N[C@@]2(CCCc3sccc32)C1=O. The van der Waals surface area contributed by atoms with Crippen molar-refractivity contribution < 1.29 is 14.4 Å². The molecule has 1 atom stereocenters. The Labute approximate surface area is 174 Å². The monoisotopic (exact) mass is 411 g/mol. The second-order valence-electron chi connectivity index (χ2n) is 7.94. The largest absolute Gasteiger partial charge is 0.334 e. The van der Waals surface area contributed by atoms with Gasteiger partial charge in [0, 0.05) is 23.0 Å². The minimum absolute atomic E-state index is 0.0458. The van der Waals surface area contributed by atoms with Gasteiger partial charge in [-0.05, 0) is 50.1 Å². The number of benzene rings is 1. The summed E-state index contributed by atoms with van der Waals surface area (Å²) < 4.78 is 0. The second-order valence-corrected chi connectivity index (χ2v) is 8.94. The van der Waals surface area contributed by atoms with Crippen molar-refractivity contribution in [1.29, 1.82) is 0 Å². The molecule has 1 aliphatic heterocycles. The summed E-state index contributed by atoms with van der Waals surface area (Å²) in [6, 6.07) is 11.1. The molecule has 0 radical (unpaired) electrons. The van der Waals surface area contributed by atoms with Crippen molar-refractivity contribution in [2.24, 2.45) is 0 Å². The van der Waals surface area contributed by atoms with E-state index in [0.29, 0.717) is 13.0 Å². The van der Waals surface area contributed by atoms with Gasteiger partial charge in [-0.25, -0.2) is 4.79 Å². The van der Waals surface area contributed by atoms with Crippen molar-refractivity contribution in [2.75, 3.05) is 6.54 Å². The van der Waals surface area contributed by atoms with Crippen molar-refractivity contribution in [1.82, 2.24) is 15.1 Å². The number of carbonyl (C=O) groups is 3. The summed E-state index contributed by atoms with van der Waals surface area (Å²) in [5, 5.41) is 4.87. The lowest BCUT2D eigenvalue weighted by atomic mass is 9.80. The van der Waals surface area contributed by atoms with Crippen LogP contribution in [0.15, 0.2) is 41.8 Å². The van der Waals surface area contributed by atoms with Gasteiger partial charge in [-0.1, -0.05) is 30.3 Å². The predicted octanol–water partition coefficient (Wildman–Crippen LogP) is 3.27. The minimum Gasteiger partial charge on any atom is -0.334 e. The Balaban J connectivity index is 1.54. The first kappa shape index (κ1) is 19.6. The van der Waals surface area contributed by atoms with Gasteiger partial charge in [-0.3, -0.25) is 14.5 Å². The Morgan fingerprint density at radius 1 is 1.24 bits per heavy atom. The van der Waals surface area contributed by atoms with Gasteiger partial charge in [-0.2, -0.15) is 0 Å². The molecule has 4 amide bonds. The molecule has 0 bridgehead atoms. The second kappa shape index (κ2) is 7.63. The van der Waals surface area contributed by atoms with E-state index < -0.39 is 11.6 Å². The van der Waals surface area contributed by atoms with E-state index in [0.717, 1.165) is 33.7 Å². The Bertz CT molecular complexity index is 940. The Morgan fingerprint density at radius 3 is 2.72 bits per heavy atom. The zero-order chi connectivity index (χ0) is 20.6. The molecule has 1 spiro atoms. The van der Waals surface area contributed by atoms with E-state index in [4.69, 9.17) is 0 Å². The van der Waals surface area contributed by atoms with Crippen LogP contribution in [0.1, 0.15) is 42.7 Å². The Kier molecular flexibility index (Phi) is 5.17. The highest BCUT2D eigenvalue weighted by atomic mass is 32.1. The van der Waals surface area contributed by atoms with Gasteiger partial charge >= 0.3 is 6.03 Å². The lowest BCUT2D eigenvalue weighted by molar-refractivity contribution is -0.140. The number of rotatable bonds is 5. The molecule has 0 saturated carbocycles. The first-order valence-corrected chi connectivity index (χ1v) is 10.8. The zero-order valence-corrected chi connectivity index (χ0v) is 17.5. The molecule has 4 rings (SSSR count). The predicted molar refractivity (Wildman–Crippen MR) is 111 cm³/mol. The first-order valence-electron chi connectivity index (χ1n) is 9.97. The van der Waals surface area contributed by atoms with Crippen LogP contribution >= 0.6 is 11.3 Å². The third-order valence-corrected chi connectivity index (χ3v) is 6.75. The molecule has 29 heavy (non-hydrogen) atoms. The van der Waals surface area contributed by atoms with Crippen LogP contribution in [0.2, 0.25) is 0 Å². The summed E-state index contributed by atoms with van der Waals surface area (Å²) in [7, 11) is 0. The molecule has 2 aromatic rings. The fraction of sp³-hybridized carbons (Fsp3) is 0.409. The molecule has 1 N–H and O–H groups in total. The minimum atomic E-state index is -1.01. The summed E-state index contributed by atoms with van der Waals surface area (Å²) in [5.74, 6) is -0.538. The molecule has 1 aromatic carbocycles. The van der Waals surface area contributed by atoms with Crippen LogP contribution in [0, 0.1) is 0 Å². The van der Waals surface area contributed by atoms with Crippen molar-refractivity contribution in [3.63, 3.8) is 0 Å². The molecule has 6 nitrogen and oxygen atoms in total. The highest BCUT2D eigenvalue weighted by Gasteiger charge is 2.54. The molecular weight excluding hydrogens is 386 g/mol. The number of nitrogens with zero attached hydrogens (tertiary/aromatic N) is 2. The number of amides is 4. The highest BCUT2D eigenvalue weighted by Crippen LogP contribution is 2.42. The molecule has 1 aromatic heterocycles. The number of carbonyl (C=O) groups excluding carboxylic acids is 3. The Hall–Kier alpha value is -2.67. The van der Waals surface area contributed by atoms with Crippen LogP contribution in [0.5, 0.6) is 0 Å². The van der Waals surface area contributed by atoms with E-state index in [9.17, 15) is 14.4 Å². The maximum absolute atomic E-state index is 13.3. The number of urea groups is 1. The van der Waals surface area contributed by atoms with Gasteiger partial charge < -0.3 is 10.2 Å². The highest BCUT2D eigenvalue weighted by molar-refractivity contribution is 7.10. The molecule has 1 fully saturated rings. The van der Waals surface area contributed by atoms with Crippen LogP contribution < -0.4 is 5.32 Å². The van der Waals surface area contributed by atoms with Gasteiger partial charge in [-0.15, -0.1) is 11.3 Å². The maximum atomic E-state index is 13.3.